The molecule has 3 nitrogen and oxygen atoms in total. The third-order valence-electron chi connectivity index (χ3n) is 3.08. The van der Waals surface area contributed by atoms with Crippen molar-refractivity contribution >= 4 is 5.91 Å². The Hall–Kier alpha value is -1.35. The summed E-state index contributed by atoms with van der Waals surface area (Å²) in [5.41, 5.74) is 3.72. The van der Waals surface area contributed by atoms with Crippen LogP contribution in [0.5, 0.6) is 0 Å². The summed E-state index contributed by atoms with van der Waals surface area (Å²) in [6.07, 6.45) is 1.27. The molecule has 0 saturated carbocycles. The Balaban J connectivity index is 2.38. The van der Waals surface area contributed by atoms with Crippen LogP contribution in [-0.4, -0.2) is 24.2 Å². The van der Waals surface area contributed by atoms with Gasteiger partial charge in [0.2, 0.25) is 5.91 Å². The molecule has 3 heteroatoms. The number of nitrogens with one attached hydrogen (secondary N) is 1. The van der Waals surface area contributed by atoms with Crippen LogP contribution in [0.15, 0.2) is 18.2 Å². The Labute approximate surface area is 109 Å². The van der Waals surface area contributed by atoms with Crippen molar-refractivity contribution in [2.45, 2.75) is 33.6 Å². The number of aryl methyl sites for hydroxylation is 3. The number of carbonyl (C=O) groups excluding carboxylic acids is 1. The van der Waals surface area contributed by atoms with Gasteiger partial charge in [-0.25, -0.2) is 0 Å². The second-order valence-corrected chi connectivity index (χ2v) is 5.02. The van der Waals surface area contributed by atoms with Crippen molar-refractivity contribution < 1.29 is 9.90 Å². The van der Waals surface area contributed by atoms with Crippen LogP contribution in [0.1, 0.15) is 30.0 Å². The summed E-state index contributed by atoms with van der Waals surface area (Å²) in [5.74, 6) is 0.172. The fourth-order valence-electron chi connectivity index (χ4n) is 1.82. The van der Waals surface area contributed by atoms with Crippen LogP contribution in [-0.2, 0) is 11.2 Å². The number of benzene rings is 1. The lowest BCUT2D eigenvalue weighted by Crippen LogP contribution is -2.29. The van der Waals surface area contributed by atoms with Gasteiger partial charge in [-0.15, -0.1) is 0 Å². The van der Waals surface area contributed by atoms with Crippen molar-refractivity contribution in [2.24, 2.45) is 5.92 Å². The summed E-state index contributed by atoms with van der Waals surface area (Å²) in [7, 11) is 0. The molecule has 0 aliphatic carbocycles. The zero-order chi connectivity index (χ0) is 13.5. The van der Waals surface area contributed by atoms with Gasteiger partial charge in [-0.1, -0.05) is 30.7 Å². The van der Waals surface area contributed by atoms with Gasteiger partial charge < -0.3 is 10.4 Å². The molecule has 1 aromatic carbocycles. The minimum Gasteiger partial charge on any atom is -0.396 e. The first kappa shape index (κ1) is 14.7. The second-order valence-electron chi connectivity index (χ2n) is 5.02. The number of aliphatic hydroxyl groups is 1. The van der Waals surface area contributed by atoms with Crippen LogP contribution in [0.2, 0.25) is 0 Å². The van der Waals surface area contributed by atoms with Crippen molar-refractivity contribution in [3.63, 3.8) is 0 Å². The Morgan fingerprint density at radius 3 is 2.72 bits per heavy atom. The van der Waals surface area contributed by atoms with Gasteiger partial charge in [-0.05, 0) is 37.3 Å². The highest BCUT2D eigenvalue weighted by atomic mass is 16.3. The van der Waals surface area contributed by atoms with E-state index in [9.17, 15) is 4.79 Å². The first-order valence-corrected chi connectivity index (χ1v) is 6.46. The highest BCUT2D eigenvalue weighted by Crippen LogP contribution is 2.12. The molecule has 0 aromatic heterocycles. The molecule has 0 aliphatic rings. The molecule has 0 aliphatic heterocycles. The molecule has 1 atom stereocenters. The van der Waals surface area contributed by atoms with E-state index in [1.807, 2.05) is 6.92 Å². The van der Waals surface area contributed by atoms with Gasteiger partial charge in [0.15, 0.2) is 0 Å². The molecular formula is C15H23NO2. The van der Waals surface area contributed by atoms with E-state index in [1.165, 1.54) is 16.7 Å². The zero-order valence-corrected chi connectivity index (χ0v) is 11.5. The zero-order valence-electron chi connectivity index (χ0n) is 11.5. The molecule has 0 saturated heterocycles. The normalized spacial score (nSPS) is 12.2. The molecule has 2 N–H and O–H groups in total. The number of amides is 1. The predicted octanol–water partition coefficient (Wildman–Crippen LogP) is 1.98. The Morgan fingerprint density at radius 2 is 2.11 bits per heavy atom. The maximum absolute atomic E-state index is 11.6. The van der Waals surface area contributed by atoms with Crippen molar-refractivity contribution in [1.29, 1.82) is 0 Å². The van der Waals surface area contributed by atoms with Gasteiger partial charge in [0.05, 0.1) is 0 Å². The third-order valence-corrected chi connectivity index (χ3v) is 3.08. The second kappa shape index (κ2) is 7.17. The van der Waals surface area contributed by atoms with Gasteiger partial charge in [0, 0.05) is 19.6 Å². The van der Waals surface area contributed by atoms with E-state index in [-0.39, 0.29) is 18.4 Å². The Bertz CT molecular complexity index is 401. The molecule has 18 heavy (non-hydrogen) atoms. The summed E-state index contributed by atoms with van der Waals surface area (Å²) in [5, 5.41) is 11.7. The molecule has 1 amide bonds. The average molecular weight is 249 g/mol. The van der Waals surface area contributed by atoms with Crippen molar-refractivity contribution in [3.05, 3.63) is 34.9 Å². The maximum Gasteiger partial charge on any atom is 0.220 e. The average Bonchev–Trinajstić information content (AvgIpc) is 2.34. The largest absolute Gasteiger partial charge is 0.396 e. The summed E-state index contributed by atoms with van der Waals surface area (Å²) in [6, 6.07) is 6.31. The molecule has 1 unspecified atom stereocenters. The number of hydrogen-bond donors (Lipinski definition) is 2. The van der Waals surface area contributed by atoms with Gasteiger partial charge in [-0.3, -0.25) is 4.79 Å². The van der Waals surface area contributed by atoms with Gasteiger partial charge >= 0.3 is 0 Å². The summed E-state index contributed by atoms with van der Waals surface area (Å²) >= 11 is 0. The SMILES string of the molecule is Cc1ccc(CCC(=O)NCC(C)CO)c(C)c1. The molecule has 0 spiro atoms. The topological polar surface area (TPSA) is 49.3 Å². The third kappa shape index (κ3) is 4.88. The van der Waals surface area contributed by atoms with Crippen LogP contribution < -0.4 is 5.32 Å². The molecule has 100 valence electrons. The fourth-order valence-corrected chi connectivity index (χ4v) is 1.82. The van der Waals surface area contributed by atoms with Crippen molar-refractivity contribution in [1.82, 2.24) is 5.32 Å². The minimum absolute atomic E-state index is 0.0512. The predicted molar refractivity (Wildman–Crippen MR) is 73.5 cm³/mol. The van der Waals surface area contributed by atoms with Crippen molar-refractivity contribution in [3.8, 4) is 0 Å². The summed E-state index contributed by atoms with van der Waals surface area (Å²) in [4.78, 5) is 11.6. The summed E-state index contributed by atoms with van der Waals surface area (Å²) < 4.78 is 0. The summed E-state index contributed by atoms with van der Waals surface area (Å²) in [6.45, 7) is 6.71. The van der Waals surface area contributed by atoms with E-state index in [0.717, 1.165) is 6.42 Å². The smallest absolute Gasteiger partial charge is 0.220 e. The van der Waals surface area contributed by atoms with Gasteiger partial charge in [-0.2, -0.15) is 0 Å². The lowest BCUT2D eigenvalue weighted by atomic mass is 10.0. The van der Waals surface area contributed by atoms with Crippen LogP contribution in [0, 0.1) is 19.8 Å². The maximum atomic E-state index is 11.6. The molecule has 0 heterocycles. The molecule has 0 fully saturated rings. The van der Waals surface area contributed by atoms with E-state index < -0.39 is 0 Å². The highest BCUT2D eigenvalue weighted by Gasteiger charge is 2.06. The van der Waals surface area contributed by atoms with E-state index in [4.69, 9.17) is 5.11 Å². The van der Waals surface area contributed by atoms with Crippen LogP contribution in [0.3, 0.4) is 0 Å². The van der Waals surface area contributed by atoms with E-state index in [1.54, 1.807) is 0 Å². The van der Waals surface area contributed by atoms with E-state index >= 15 is 0 Å². The van der Waals surface area contributed by atoms with Gasteiger partial charge in [0.1, 0.15) is 0 Å². The monoisotopic (exact) mass is 249 g/mol. The minimum atomic E-state index is 0.0512. The lowest BCUT2D eigenvalue weighted by Gasteiger charge is -2.10. The Morgan fingerprint density at radius 1 is 1.39 bits per heavy atom. The molecule has 0 bridgehead atoms. The molecule has 0 radical (unpaired) electrons. The van der Waals surface area contributed by atoms with Crippen LogP contribution in [0.25, 0.3) is 0 Å². The molecule has 1 aromatic rings. The highest BCUT2D eigenvalue weighted by molar-refractivity contribution is 5.76. The standard InChI is InChI=1S/C15H23NO2/c1-11-4-5-14(13(3)8-11)6-7-15(18)16-9-12(2)10-17/h4-5,8,12,17H,6-7,9-10H2,1-3H3,(H,16,18). The molecule has 1 rings (SSSR count). The molecular weight excluding hydrogens is 226 g/mol. The fraction of sp³-hybridized carbons (Fsp3) is 0.533. The number of rotatable bonds is 6. The first-order chi connectivity index (χ1) is 8.52. The first-order valence-electron chi connectivity index (χ1n) is 6.46. The van der Waals surface area contributed by atoms with E-state index in [0.29, 0.717) is 13.0 Å². The number of hydrogen-bond acceptors (Lipinski definition) is 2. The van der Waals surface area contributed by atoms with Crippen molar-refractivity contribution in [2.75, 3.05) is 13.2 Å². The Kier molecular flexibility index (Phi) is 5.86. The lowest BCUT2D eigenvalue weighted by molar-refractivity contribution is -0.121. The van der Waals surface area contributed by atoms with Crippen LogP contribution in [0.4, 0.5) is 0 Å². The quantitative estimate of drug-likeness (QED) is 0.810. The van der Waals surface area contributed by atoms with Gasteiger partial charge in [0.25, 0.3) is 0 Å². The number of aliphatic hydroxyl groups excluding tert-OH is 1. The number of carbonyl (C=O) groups is 1. The van der Waals surface area contributed by atoms with Crippen LogP contribution >= 0.6 is 0 Å². The van der Waals surface area contributed by atoms with E-state index in [2.05, 4.69) is 37.4 Å².